The van der Waals surface area contributed by atoms with Crippen LogP contribution in [0.1, 0.15) is 6.92 Å². The van der Waals surface area contributed by atoms with Crippen molar-refractivity contribution in [3.05, 3.63) is 0 Å². The first-order valence-electron chi connectivity index (χ1n) is 14.1. The summed E-state index contributed by atoms with van der Waals surface area (Å²) in [6, 6.07) is 0. The molecule has 0 bridgehead atoms. The number of ether oxygens (including phenoxy) is 5. The van der Waals surface area contributed by atoms with Crippen LogP contribution in [0.3, 0.4) is 0 Å². The van der Waals surface area contributed by atoms with Crippen molar-refractivity contribution >= 4 is 17.9 Å². The zero-order valence-electron chi connectivity index (χ0n) is 25.0. The Balaban J connectivity index is 2.16. The average molecular weight is 609 g/mol. The second kappa shape index (κ2) is 18.6. The highest BCUT2D eigenvalue weighted by Gasteiger charge is 2.44. The molecule has 0 radical (unpaired) electrons. The molecule has 2 aliphatic heterocycles. The van der Waals surface area contributed by atoms with Crippen molar-refractivity contribution in [2.75, 3.05) is 106 Å². The molecule has 2 saturated heterocycles. The number of hydrogen-bond acceptors (Lipinski definition) is 16. The smallest absolute Gasteiger partial charge is 0.319 e. The van der Waals surface area contributed by atoms with Gasteiger partial charge in [0.05, 0.1) is 53.7 Å². The summed E-state index contributed by atoms with van der Waals surface area (Å²) in [5, 5.41) is 40.0. The monoisotopic (exact) mass is 608 g/mol. The minimum Gasteiger partial charge on any atom is -0.468 e. The van der Waals surface area contributed by atoms with E-state index >= 15 is 0 Å². The predicted octanol–water partition coefficient (Wildman–Crippen LogP) is -4.07. The van der Waals surface area contributed by atoms with E-state index in [-0.39, 0.29) is 25.6 Å². The maximum Gasteiger partial charge on any atom is 0.319 e. The number of nitrogens with zero attached hydrogens (tertiary/aromatic N) is 4. The molecule has 2 fully saturated rings. The van der Waals surface area contributed by atoms with E-state index in [0.717, 1.165) is 0 Å². The number of methoxy groups -OCH3 is 3. The summed E-state index contributed by atoms with van der Waals surface area (Å²) in [6.07, 6.45) is -7.42. The van der Waals surface area contributed by atoms with E-state index in [1.165, 1.54) is 21.3 Å². The standard InChI is InChI=1S/C26H48N4O12/c1-18(41-26-25(37)24(36)23(35)19(17-31)42-26)13-27-5-7-28(14-20(32)38-2)9-11-30(16-22(34)40-4)12-10-29(8-6-27)15-21(33)39-3/h18-19,23-26,31,35-37H,5-17H2,1-4H3/t18-,19-,23+,24+,25-,26-/m1/s1. The molecule has 244 valence electrons. The molecule has 0 aromatic heterocycles. The molecule has 4 N–H and O–H groups in total. The third kappa shape index (κ3) is 11.9. The lowest BCUT2D eigenvalue weighted by Gasteiger charge is -2.41. The fourth-order valence-electron chi connectivity index (χ4n) is 4.79. The van der Waals surface area contributed by atoms with E-state index in [9.17, 15) is 34.8 Å². The molecule has 2 aliphatic rings. The average Bonchev–Trinajstić information content (AvgIpc) is 2.97. The van der Waals surface area contributed by atoms with E-state index < -0.39 is 55.4 Å². The Kier molecular flexibility index (Phi) is 16.1. The first-order chi connectivity index (χ1) is 20.0. The zero-order valence-corrected chi connectivity index (χ0v) is 25.0. The van der Waals surface area contributed by atoms with Gasteiger partial charge in [-0.2, -0.15) is 0 Å². The summed E-state index contributed by atoms with van der Waals surface area (Å²) >= 11 is 0. The van der Waals surface area contributed by atoms with Gasteiger partial charge in [-0.15, -0.1) is 0 Å². The van der Waals surface area contributed by atoms with Crippen molar-refractivity contribution in [2.24, 2.45) is 0 Å². The van der Waals surface area contributed by atoms with Crippen LogP contribution in [0.15, 0.2) is 0 Å². The quantitative estimate of drug-likeness (QED) is 0.131. The highest BCUT2D eigenvalue weighted by Crippen LogP contribution is 2.23. The fourth-order valence-corrected chi connectivity index (χ4v) is 4.79. The lowest BCUT2D eigenvalue weighted by Crippen LogP contribution is -2.60. The number of aliphatic hydroxyl groups is 4. The summed E-state index contributed by atoms with van der Waals surface area (Å²) in [5.41, 5.74) is 0. The van der Waals surface area contributed by atoms with Crippen LogP contribution in [0.25, 0.3) is 0 Å². The highest BCUT2D eigenvalue weighted by atomic mass is 16.7. The molecule has 16 heteroatoms. The van der Waals surface area contributed by atoms with Crippen LogP contribution in [-0.4, -0.2) is 201 Å². The Hall–Kier alpha value is -1.99. The van der Waals surface area contributed by atoms with Crippen LogP contribution in [0, 0.1) is 0 Å². The normalized spacial score (nSPS) is 28.7. The summed E-state index contributed by atoms with van der Waals surface area (Å²) < 4.78 is 26.0. The molecular weight excluding hydrogens is 560 g/mol. The fraction of sp³-hybridized carbons (Fsp3) is 0.885. The molecule has 42 heavy (non-hydrogen) atoms. The van der Waals surface area contributed by atoms with Crippen LogP contribution in [0.2, 0.25) is 0 Å². The Bertz CT molecular complexity index is 803. The molecule has 0 amide bonds. The summed E-state index contributed by atoms with van der Waals surface area (Å²) in [6.45, 7) is 5.57. The molecule has 0 aliphatic carbocycles. The van der Waals surface area contributed by atoms with Crippen molar-refractivity contribution in [3.63, 3.8) is 0 Å². The molecular formula is C26H48N4O12. The molecule has 0 unspecified atom stereocenters. The number of rotatable bonds is 11. The van der Waals surface area contributed by atoms with Crippen LogP contribution in [0.4, 0.5) is 0 Å². The summed E-state index contributed by atoms with van der Waals surface area (Å²) in [7, 11) is 3.97. The SMILES string of the molecule is COC(=O)CN1CCN(CC(=O)OC)CCN(C[C@@H](C)O[C@@H]2O[C@H](CO)[C@H](O)[C@H](O)[C@H]2O)CCN(CC(=O)OC)CC1. The number of carbonyl (C=O) groups is 3. The van der Waals surface area contributed by atoms with Crippen LogP contribution >= 0.6 is 0 Å². The van der Waals surface area contributed by atoms with Crippen LogP contribution < -0.4 is 0 Å². The van der Waals surface area contributed by atoms with Gasteiger partial charge in [0.1, 0.15) is 24.4 Å². The van der Waals surface area contributed by atoms with E-state index in [1.54, 1.807) is 6.92 Å². The summed E-state index contributed by atoms with van der Waals surface area (Å²) in [5.74, 6) is -1.17. The topological polar surface area (TPSA) is 191 Å². The van der Waals surface area contributed by atoms with Crippen LogP contribution in [0.5, 0.6) is 0 Å². The Morgan fingerprint density at radius 1 is 0.690 bits per heavy atom. The van der Waals surface area contributed by atoms with Gasteiger partial charge < -0.3 is 44.1 Å². The number of carbonyl (C=O) groups excluding carboxylic acids is 3. The van der Waals surface area contributed by atoms with Gasteiger partial charge in [-0.25, -0.2) is 0 Å². The lowest BCUT2D eigenvalue weighted by molar-refractivity contribution is -0.310. The van der Waals surface area contributed by atoms with Crippen molar-refractivity contribution < 1.29 is 58.5 Å². The van der Waals surface area contributed by atoms with E-state index in [4.69, 9.17) is 23.7 Å². The predicted molar refractivity (Wildman–Crippen MR) is 146 cm³/mol. The molecule has 0 aromatic carbocycles. The lowest BCUT2D eigenvalue weighted by atomic mass is 9.99. The maximum absolute atomic E-state index is 12.1. The molecule has 0 spiro atoms. The van der Waals surface area contributed by atoms with Gasteiger partial charge in [-0.05, 0) is 6.92 Å². The van der Waals surface area contributed by atoms with E-state index in [2.05, 4.69) is 4.90 Å². The third-order valence-corrected chi connectivity index (χ3v) is 7.40. The van der Waals surface area contributed by atoms with Crippen molar-refractivity contribution in [1.29, 1.82) is 0 Å². The van der Waals surface area contributed by atoms with E-state index in [1.807, 2.05) is 14.7 Å². The molecule has 6 atom stereocenters. The minimum atomic E-state index is -1.55. The maximum atomic E-state index is 12.1. The number of esters is 3. The molecule has 2 heterocycles. The first-order valence-corrected chi connectivity index (χ1v) is 14.1. The van der Waals surface area contributed by atoms with Gasteiger partial charge in [-0.1, -0.05) is 0 Å². The van der Waals surface area contributed by atoms with Gasteiger partial charge in [0.2, 0.25) is 0 Å². The summed E-state index contributed by atoms with van der Waals surface area (Å²) in [4.78, 5) is 44.1. The van der Waals surface area contributed by atoms with Gasteiger partial charge in [0, 0.05) is 58.9 Å². The number of aliphatic hydroxyl groups excluding tert-OH is 4. The number of hydrogen-bond donors (Lipinski definition) is 4. The largest absolute Gasteiger partial charge is 0.468 e. The molecule has 2 rings (SSSR count). The molecule has 0 aromatic rings. The van der Waals surface area contributed by atoms with Crippen molar-refractivity contribution in [3.8, 4) is 0 Å². The molecule has 16 nitrogen and oxygen atoms in total. The Morgan fingerprint density at radius 3 is 1.43 bits per heavy atom. The Morgan fingerprint density at radius 2 is 1.07 bits per heavy atom. The van der Waals surface area contributed by atoms with Gasteiger partial charge >= 0.3 is 17.9 Å². The third-order valence-electron chi connectivity index (χ3n) is 7.40. The minimum absolute atomic E-state index is 0.0573. The van der Waals surface area contributed by atoms with E-state index in [0.29, 0.717) is 58.9 Å². The Labute approximate surface area is 246 Å². The van der Waals surface area contributed by atoms with Gasteiger partial charge in [0.25, 0.3) is 0 Å². The first kappa shape index (κ1) is 36.2. The second-order valence-corrected chi connectivity index (χ2v) is 10.5. The van der Waals surface area contributed by atoms with Gasteiger partial charge in [0.15, 0.2) is 6.29 Å². The van der Waals surface area contributed by atoms with Crippen LogP contribution in [-0.2, 0) is 38.1 Å². The second-order valence-electron chi connectivity index (χ2n) is 10.5. The molecule has 0 saturated carbocycles. The van der Waals surface area contributed by atoms with Gasteiger partial charge in [-0.3, -0.25) is 34.0 Å². The van der Waals surface area contributed by atoms with Crippen molar-refractivity contribution in [1.82, 2.24) is 19.6 Å². The van der Waals surface area contributed by atoms with Crippen molar-refractivity contribution in [2.45, 2.75) is 43.7 Å². The highest BCUT2D eigenvalue weighted by molar-refractivity contribution is 5.72. The zero-order chi connectivity index (χ0) is 31.2.